The summed E-state index contributed by atoms with van der Waals surface area (Å²) in [4.78, 5) is 0. The second-order valence-corrected chi connectivity index (χ2v) is 2.65. The highest BCUT2D eigenvalue weighted by molar-refractivity contribution is 6.99. The van der Waals surface area contributed by atoms with Gasteiger partial charge in [-0.2, -0.15) is 0 Å². The van der Waals surface area contributed by atoms with Crippen molar-refractivity contribution in [3.63, 3.8) is 0 Å². The summed E-state index contributed by atoms with van der Waals surface area (Å²) in [6.45, 7) is 0. The number of aromatic nitrogens is 1. The first-order chi connectivity index (χ1) is 3.30. The summed E-state index contributed by atoms with van der Waals surface area (Å²) in [6.07, 6.45) is 0. The van der Waals surface area contributed by atoms with Crippen molar-refractivity contribution >= 4 is 23.1 Å². The van der Waals surface area contributed by atoms with Crippen molar-refractivity contribution in [2.45, 2.75) is 0 Å². The van der Waals surface area contributed by atoms with Crippen LogP contribution in [0.15, 0.2) is 11.4 Å². The Hall–Kier alpha value is -0.0800. The smallest absolute Gasteiger partial charge is 0.126 e. The van der Waals surface area contributed by atoms with E-state index in [-0.39, 0.29) is 0 Å². The summed E-state index contributed by atoms with van der Waals surface area (Å²) < 4.78 is 1.89. The van der Waals surface area contributed by atoms with Gasteiger partial charge in [-0.15, -0.1) is 3.96 Å². The first kappa shape index (κ1) is 5.06. The van der Waals surface area contributed by atoms with E-state index in [2.05, 4.69) is 0 Å². The van der Waals surface area contributed by atoms with Crippen LogP contribution in [-0.2, 0) is 7.05 Å². The third kappa shape index (κ3) is 0.924. The number of halogens is 1. The molecule has 0 aliphatic carbocycles. The van der Waals surface area contributed by atoms with E-state index in [4.69, 9.17) is 11.6 Å². The van der Waals surface area contributed by atoms with Gasteiger partial charge in [0.2, 0.25) is 0 Å². The molecule has 1 nitrogen and oxygen atoms in total. The molecule has 0 N–H and O–H groups in total. The van der Waals surface area contributed by atoms with Crippen molar-refractivity contribution in [3.8, 4) is 0 Å². The molecule has 1 aromatic rings. The van der Waals surface area contributed by atoms with E-state index < -0.39 is 0 Å². The van der Waals surface area contributed by atoms with Gasteiger partial charge in [-0.25, -0.2) is 0 Å². The zero-order valence-corrected chi connectivity index (χ0v) is 5.46. The van der Waals surface area contributed by atoms with Gasteiger partial charge in [-0.05, 0) is 11.6 Å². The van der Waals surface area contributed by atoms with E-state index in [0.717, 1.165) is 5.15 Å². The van der Waals surface area contributed by atoms with Crippen LogP contribution in [0.5, 0.6) is 0 Å². The van der Waals surface area contributed by atoms with Gasteiger partial charge in [0.05, 0.1) is 5.38 Å². The van der Waals surface area contributed by atoms with Crippen LogP contribution in [-0.4, -0.2) is 0 Å². The molecule has 1 rings (SSSR count). The first-order valence-corrected chi connectivity index (χ1v) is 3.11. The SMILES string of the molecule is C[n+]1sccc1Cl. The quantitative estimate of drug-likeness (QED) is 0.470. The molecule has 0 spiro atoms. The molecule has 0 aliphatic rings. The van der Waals surface area contributed by atoms with Crippen LogP contribution >= 0.6 is 23.1 Å². The van der Waals surface area contributed by atoms with Crippen molar-refractivity contribution in [1.82, 2.24) is 0 Å². The Morgan fingerprint density at radius 1 is 1.86 bits per heavy atom. The fraction of sp³-hybridized carbons (Fsp3) is 0.250. The highest BCUT2D eigenvalue weighted by atomic mass is 35.5. The Kier molecular flexibility index (Phi) is 1.30. The minimum absolute atomic E-state index is 0.796. The second-order valence-electron chi connectivity index (χ2n) is 1.23. The lowest BCUT2D eigenvalue weighted by Gasteiger charge is -1.70. The van der Waals surface area contributed by atoms with E-state index in [9.17, 15) is 0 Å². The molecular weight excluding hydrogens is 130 g/mol. The van der Waals surface area contributed by atoms with Gasteiger partial charge in [0.15, 0.2) is 7.05 Å². The van der Waals surface area contributed by atoms with E-state index >= 15 is 0 Å². The number of nitrogens with zero attached hydrogens (tertiary/aromatic N) is 1. The molecule has 7 heavy (non-hydrogen) atoms. The van der Waals surface area contributed by atoms with E-state index in [1.807, 2.05) is 22.5 Å². The Morgan fingerprint density at radius 2 is 2.57 bits per heavy atom. The molecule has 0 aliphatic heterocycles. The number of rotatable bonds is 0. The molecule has 3 heteroatoms. The Morgan fingerprint density at radius 3 is 2.71 bits per heavy atom. The maximum Gasteiger partial charge on any atom is 0.288 e. The van der Waals surface area contributed by atoms with Crippen LogP contribution in [0, 0.1) is 0 Å². The van der Waals surface area contributed by atoms with Gasteiger partial charge < -0.3 is 0 Å². The summed E-state index contributed by atoms with van der Waals surface area (Å²) in [5, 5.41) is 2.74. The van der Waals surface area contributed by atoms with Gasteiger partial charge in [0.25, 0.3) is 5.15 Å². The molecule has 1 aromatic heterocycles. The van der Waals surface area contributed by atoms with Gasteiger partial charge in [-0.1, -0.05) is 0 Å². The van der Waals surface area contributed by atoms with Crippen LogP contribution in [0.3, 0.4) is 0 Å². The Balaban J connectivity index is 3.12. The Labute approximate surface area is 51.3 Å². The highest BCUT2D eigenvalue weighted by Gasteiger charge is 1.99. The predicted octanol–water partition coefficient (Wildman–Crippen LogP) is 1.23. The lowest BCUT2D eigenvalue weighted by molar-refractivity contribution is -0.598. The van der Waals surface area contributed by atoms with Crippen molar-refractivity contribution in [1.29, 1.82) is 0 Å². The highest BCUT2D eigenvalue weighted by Crippen LogP contribution is 2.01. The average molecular weight is 135 g/mol. The summed E-state index contributed by atoms with van der Waals surface area (Å²) in [5.74, 6) is 0. The van der Waals surface area contributed by atoms with Crippen LogP contribution in [0.1, 0.15) is 0 Å². The molecule has 0 aromatic carbocycles. The second kappa shape index (κ2) is 1.80. The molecule has 0 atom stereocenters. The van der Waals surface area contributed by atoms with Crippen LogP contribution in [0.25, 0.3) is 0 Å². The molecule has 0 radical (unpaired) electrons. The monoisotopic (exact) mass is 134 g/mol. The lowest BCUT2D eigenvalue weighted by atomic mass is 10.8. The van der Waals surface area contributed by atoms with Crippen molar-refractivity contribution in [2.24, 2.45) is 7.05 Å². The fourth-order valence-electron chi connectivity index (χ4n) is 0.333. The van der Waals surface area contributed by atoms with E-state index in [1.54, 1.807) is 11.5 Å². The molecule has 0 bridgehead atoms. The molecule has 0 fully saturated rings. The molecule has 38 valence electrons. The third-order valence-electron chi connectivity index (χ3n) is 0.725. The zero-order chi connectivity index (χ0) is 5.28. The molecular formula is C4H5ClNS+. The van der Waals surface area contributed by atoms with Gasteiger partial charge in [0, 0.05) is 6.07 Å². The number of aryl methyl sites for hydroxylation is 1. The summed E-state index contributed by atoms with van der Waals surface area (Å²) in [6, 6.07) is 1.87. The largest absolute Gasteiger partial charge is 0.288 e. The summed E-state index contributed by atoms with van der Waals surface area (Å²) in [5.41, 5.74) is 0. The summed E-state index contributed by atoms with van der Waals surface area (Å²) >= 11 is 7.19. The maximum atomic E-state index is 5.60. The number of hydrogen-bond acceptors (Lipinski definition) is 1. The number of hydrogen-bond donors (Lipinski definition) is 0. The van der Waals surface area contributed by atoms with Crippen LogP contribution in [0.4, 0.5) is 0 Å². The zero-order valence-electron chi connectivity index (χ0n) is 3.89. The molecule has 0 unspecified atom stereocenters. The normalized spacial score (nSPS) is 9.43. The van der Waals surface area contributed by atoms with Crippen molar-refractivity contribution in [3.05, 3.63) is 16.6 Å². The maximum absolute atomic E-state index is 5.60. The minimum Gasteiger partial charge on any atom is -0.126 e. The minimum atomic E-state index is 0.796. The van der Waals surface area contributed by atoms with Gasteiger partial charge in [0.1, 0.15) is 11.5 Å². The van der Waals surface area contributed by atoms with Crippen LogP contribution in [0.2, 0.25) is 5.15 Å². The van der Waals surface area contributed by atoms with Crippen molar-refractivity contribution < 1.29 is 3.96 Å². The molecule has 0 amide bonds. The fourth-order valence-corrected chi connectivity index (χ4v) is 1.12. The Bertz CT molecular complexity index is 144. The molecule has 0 saturated carbocycles. The average Bonchev–Trinajstić information content (AvgIpc) is 1.91. The van der Waals surface area contributed by atoms with E-state index in [0.29, 0.717) is 0 Å². The molecule has 1 heterocycles. The third-order valence-corrected chi connectivity index (χ3v) is 1.98. The molecule has 0 saturated heterocycles. The van der Waals surface area contributed by atoms with Crippen LogP contribution < -0.4 is 3.96 Å². The predicted molar refractivity (Wildman–Crippen MR) is 30.5 cm³/mol. The summed E-state index contributed by atoms with van der Waals surface area (Å²) in [7, 11) is 1.92. The standard InChI is InChI=1S/C4H5ClNS/c1-6-4(5)2-3-7-6/h2-3H,1H3/q+1. The lowest BCUT2D eigenvalue weighted by Crippen LogP contribution is -2.21. The van der Waals surface area contributed by atoms with Gasteiger partial charge >= 0.3 is 0 Å². The first-order valence-electron chi connectivity index (χ1n) is 1.90. The van der Waals surface area contributed by atoms with E-state index in [1.165, 1.54) is 0 Å². The van der Waals surface area contributed by atoms with Crippen molar-refractivity contribution in [2.75, 3.05) is 0 Å². The topological polar surface area (TPSA) is 3.88 Å². The van der Waals surface area contributed by atoms with Gasteiger partial charge in [-0.3, -0.25) is 0 Å².